The maximum atomic E-state index is 6.36. The maximum Gasteiger partial charge on any atom is 0.137 e. The van der Waals surface area contributed by atoms with Crippen molar-refractivity contribution in [1.29, 1.82) is 0 Å². The van der Waals surface area contributed by atoms with Crippen molar-refractivity contribution in [1.82, 2.24) is 0 Å². The smallest absolute Gasteiger partial charge is 0.137 e. The molecule has 11 rings (SSSR count). The van der Waals surface area contributed by atoms with Crippen molar-refractivity contribution in [3.8, 4) is 11.1 Å². The molecule has 0 fully saturated rings. The summed E-state index contributed by atoms with van der Waals surface area (Å²) in [6, 6.07) is 73.9. The van der Waals surface area contributed by atoms with E-state index in [-0.39, 0.29) is 0 Å². The number of fused-ring (bicyclic) bond motifs is 7. The Labute approximate surface area is 328 Å². The van der Waals surface area contributed by atoms with Gasteiger partial charge in [-0.2, -0.15) is 0 Å². The highest BCUT2D eigenvalue weighted by Gasteiger charge is 2.20. The lowest BCUT2D eigenvalue weighted by Crippen LogP contribution is -2.10. The molecule has 11 aromatic rings. The topological polar surface area (TPSA) is 19.6 Å². The number of rotatable bonds is 7. The molecule has 0 atom stereocenters. The Balaban J connectivity index is 1.01. The van der Waals surface area contributed by atoms with Gasteiger partial charge in [-0.3, -0.25) is 0 Å². The third-order valence-electron chi connectivity index (χ3n) is 10.8. The van der Waals surface area contributed by atoms with Crippen LogP contribution < -0.4 is 9.80 Å². The van der Waals surface area contributed by atoms with Gasteiger partial charge in [0.05, 0.1) is 5.69 Å². The number of furan rings is 1. The molecule has 9 aromatic carbocycles. The average Bonchev–Trinajstić information content (AvgIpc) is 3.83. The van der Waals surface area contributed by atoms with Crippen LogP contribution in [0.4, 0.5) is 34.1 Å². The number of anilines is 6. The number of thiophene rings is 1. The number of nitrogens with zero attached hydrogens (tertiary/aromatic N) is 2. The highest BCUT2D eigenvalue weighted by Crippen LogP contribution is 2.45. The molecule has 0 bridgehead atoms. The fourth-order valence-corrected chi connectivity index (χ4v) is 9.34. The molecule has 3 nitrogen and oxygen atoms in total. The van der Waals surface area contributed by atoms with Crippen molar-refractivity contribution in [3.05, 3.63) is 206 Å². The Morgan fingerprint density at radius 3 is 1.66 bits per heavy atom. The Hall–Kier alpha value is -7.14. The zero-order valence-corrected chi connectivity index (χ0v) is 31.2. The maximum absolute atomic E-state index is 6.36. The summed E-state index contributed by atoms with van der Waals surface area (Å²) in [6.07, 6.45) is 0. The molecule has 0 saturated carbocycles. The van der Waals surface area contributed by atoms with Gasteiger partial charge < -0.3 is 14.2 Å². The van der Waals surface area contributed by atoms with Gasteiger partial charge in [0.1, 0.15) is 11.2 Å². The first-order chi connectivity index (χ1) is 27.8. The van der Waals surface area contributed by atoms with E-state index in [2.05, 4.69) is 204 Å². The van der Waals surface area contributed by atoms with E-state index in [0.717, 1.165) is 56.1 Å². The molecule has 0 saturated heterocycles. The quantitative estimate of drug-likeness (QED) is 0.163. The van der Waals surface area contributed by atoms with Crippen LogP contribution in [-0.2, 0) is 0 Å². The Kier molecular flexibility index (Phi) is 7.68. The van der Waals surface area contributed by atoms with Gasteiger partial charge in [-0.15, -0.1) is 11.3 Å². The minimum Gasteiger partial charge on any atom is -0.456 e. The van der Waals surface area contributed by atoms with E-state index in [1.54, 1.807) is 0 Å². The number of hydrogen-bond donors (Lipinski definition) is 0. The van der Waals surface area contributed by atoms with E-state index < -0.39 is 0 Å². The van der Waals surface area contributed by atoms with E-state index in [0.29, 0.717) is 0 Å². The summed E-state index contributed by atoms with van der Waals surface area (Å²) in [5.74, 6) is 0. The second kappa shape index (κ2) is 13.3. The number of benzene rings is 9. The second-order valence-corrected chi connectivity index (χ2v) is 15.2. The van der Waals surface area contributed by atoms with Crippen molar-refractivity contribution in [2.45, 2.75) is 0 Å². The normalized spacial score (nSPS) is 11.6. The van der Waals surface area contributed by atoms with Crippen molar-refractivity contribution >= 4 is 98.3 Å². The first-order valence-electron chi connectivity index (χ1n) is 18.9. The first kappa shape index (κ1) is 32.3. The number of para-hydroxylation sites is 3. The Morgan fingerprint density at radius 1 is 0.321 bits per heavy atom. The summed E-state index contributed by atoms with van der Waals surface area (Å²) >= 11 is 1.85. The van der Waals surface area contributed by atoms with Crippen LogP contribution in [0.25, 0.3) is 64.0 Å². The highest BCUT2D eigenvalue weighted by molar-refractivity contribution is 7.25. The van der Waals surface area contributed by atoms with E-state index in [1.165, 1.54) is 42.1 Å². The highest BCUT2D eigenvalue weighted by atomic mass is 32.1. The molecule has 0 aliphatic rings. The van der Waals surface area contributed by atoms with E-state index >= 15 is 0 Å². The summed E-state index contributed by atoms with van der Waals surface area (Å²) in [6.45, 7) is 0. The van der Waals surface area contributed by atoms with Crippen LogP contribution in [-0.4, -0.2) is 0 Å². The minimum atomic E-state index is 0.874. The van der Waals surface area contributed by atoms with Gasteiger partial charge in [0.25, 0.3) is 0 Å². The standard InChI is InChI=1S/C52H34N2OS/c1-3-13-36(14-4-1)53(39-28-32-52-47(33-39)46-20-10-12-22-51(46)56-52)38-25-23-35(24-26-38)41-30-31-48(43-18-8-7-17-42(41)43)54(37-15-5-2-6-16-37)40-27-29-45-44-19-9-11-21-49(44)55-50(45)34-40/h1-34H. The molecule has 0 unspecified atom stereocenters. The van der Waals surface area contributed by atoms with Crippen molar-refractivity contribution in [2.75, 3.05) is 9.80 Å². The first-order valence-corrected chi connectivity index (χ1v) is 19.7. The molecule has 2 heterocycles. The summed E-state index contributed by atoms with van der Waals surface area (Å²) in [5, 5.41) is 7.20. The summed E-state index contributed by atoms with van der Waals surface area (Å²) in [4.78, 5) is 4.69. The molecular weight excluding hydrogens is 701 g/mol. The average molecular weight is 735 g/mol. The molecular formula is C52H34N2OS. The molecule has 0 aliphatic carbocycles. The van der Waals surface area contributed by atoms with Crippen LogP contribution in [0.3, 0.4) is 0 Å². The van der Waals surface area contributed by atoms with Crippen LogP contribution in [0.2, 0.25) is 0 Å². The fraction of sp³-hybridized carbons (Fsp3) is 0. The number of hydrogen-bond acceptors (Lipinski definition) is 4. The van der Waals surface area contributed by atoms with Crippen LogP contribution in [0.15, 0.2) is 211 Å². The molecule has 0 radical (unpaired) electrons. The lowest BCUT2D eigenvalue weighted by atomic mass is 9.96. The van der Waals surface area contributed by atoms with Gasteiger partial charge in [-0.05, 0) is 101 Å². The SMILES string of the molecule is c1ccc(N(c2ccc(-c3ccc(N(c4ccccc4)c4ccc5c(c4)oc4ccccc45)c4ccccc34)cc2)c2ccc3sc4ccccc4c3c2)cc1. The van der Waals surface area contributed by atoms with E-state index in [9.17, 15) is 0 Å². The van der Waals surface area contributed by atoms with E-state index in [4.69, 9.17) is 4.42 Å². The largest absolute Gasteiger partial charge is 0.456 e. The van der Waals surface area contributed by atoms with Gasteiger partial charge >= 0.3 is 0 Å². The van der Waals surface area contributed by atoms with Gasteiger partial charge in [0.15, 0.2) is 0 Å². The van der Waals surface area contributed by atoms with Crippen molar-refractivity contribution in [2.24, 2.45) is 0 Å². The molecule has 264 valence electrons. The lowest BCUT2D eigenvalue weighted by molar-refractivity contribution is 0.669. The summed E-state index contributed by atoms with van der Waals surface area (Å²) < 4.78 is 8.98. The zero-order valence-electron chi connectivity index (χ0n) is 30.3. The van der Waals surface area contributed by atoms with Gasteiger partial charge in [0, 0.05) is 70.8 Å². The molecule has 56 heavy (non-hydrogen) atoms. The molecule has 4 heteroatoms. The van der Waals surface area contributed by atoms with Gasteiger partial charge in [0.2, 0.25) is 0 Å². The van der Waals surface area contributed by atoms with E-state index in [1.807, 2.05) is 23.5 Å². The van der Waals surface area contributed by atoms with Crippen LogP contribution >= 0.6 is 11.3 Å². The predicted molar refractivity (Wildman–Crippen MR) is 239 cm³/mol. The molecule has 0 N–H and O–H groups in total. The van der Waals surface area contributed by atoms with Gasteiger partial charge in [-0.1, -0.05) is 115 Å². The lowest BCUT2D eigenvalue weighted by Gasteiger charge is -2.27. The van der Waals surface area contributed by atoms with Crippen LogP contribution in [0.5, 0.6) is 0 Å². The molecule has 0 aliphatic heterocycles. The minimum absolute atomic E-state index is 0.874. The zero-order chi connectivity index (χ0) is 37.0. The third-order valence-corrected chi connectivity index (χ3v) is 12.0. The van der Waals surface area contributed by atoms with Crippen LogP contribution in [0, 0.1) is 0 Å². The molecule has 0 amide bonds. The molecule has 0 spiro atoms. The van der Waals surface area contributed by atoms with Crippen molar-refractivity contribution in [3.63, 3.8) is 0 Å². The fourth-order valence-electron chi connectivity index (χ4n) is 8.26. The monoisotopic (exact) mass is 734 g/mol. The van der Waals surface area contributed by atoms with Crippen LogP contribution in [0.1, 0.15) is 0 Å². The second-order valence-electron chi connectivity index (χ2n) is 14.1. The Morgan fingerprint density at radius 2 is 0.875 bits per heavy atom. The third kappa shape index (κ3) is 5.42. The van der Waals surface area contributed by atoms with Crippen molar-refractivity contribution < 1.29 is 4.42 Å². The summed E-state index contributed by atoms with van der Waals surface area (Å²) in [5.41, 5.74) is 10.7. The van der Waals surface area contributed by atoms with Gasteiger partial charge in [-0.25, -0.2) is 0 Å². The Bertz CT molecular complexity index is 3200. The molecule has 2 aromatic heterocycles. The predicted octanol–water partition coefficient (Wildman–Crippen LogP) is 15.7. The summed E-state index contributed by atoms with van der Waals surface area (Å²) in [7, 11) is 0.